The van der Waals surface area contributed by atoms with E-state index in [1.54, 1.807) is 0 Å². The first-order valence-corrected chi connectivity index (χ1v) is 8.67. The molecule has 6 heteroatoms. The highest BCUT2D eigenvalue weighted by Crippen LogP contribution is 2.05. The molecule has 0 aliphatic heterocycles. The van der Waals surface area contributed by atoms with Gasteiger partial charge in [-0.2, -0.15) is 4.21 Å². The van der Waals surface area contributed by atoms with Crippen molar-refractivity contribution in [2.24, 2.45) is 0 Å². The predicted octanol–water partition coefficient (Wildman–Crippen LogP) is 2.12. The van der Waals surface area contributed by atoms with E-state index in [9.17, 15) is 4.21 Å². The van der Waals surface area contributed by atoms with Crippen molar-refractivity contribution in [2.75, 3.05) is 26.4 Å². The highest BCUT2D eigenvalue weighted by Gasteiger charge is 2.08. The zero-order valence-corrected chi connectivity index (χ0v) is 11.9. The Bertz CT molecular complexity index is 265. The van der Waals surface area contributed by atoms with Gasteiger partial charge in [0.1, 0.15) is 0 Å². The Labute approximate surface area is 103 Å². The molecule has 0 saturated carbocycles. The third-order valence-electron chi connectivity index (χ3n) is 2.24. The van der Waals surface area contributed by atoms with Crippen LogP contribution in [0.3, 0.4) is 0 Å². The van der Waals surface area contributed by atoms with Gasteiger partial charge in [0.2, 0.25) is 0 Å². The molecule has 0 aliphatic rings. The summed E-state index contributed by atoms with van der Waals surface area (Å²) in [4.78, 5) is 2.19. The van der Waals surface area contributed by atoms with Crippen LogP contribution in [0.15, 0.2) is 0 Å². The summed E-state index contributed by atoms with van der Waals surface area (Å²) in [5, 5.41) is 0. The van der Waals surface area contributed by atoms with Crippen LogP contribution < -0.4 is 0 Å². The number of rotatable bonds is 9. The molecule has 0 aromatic heterocycles. The Morgan fingerprint density at radius 2 is 1.50 bits per heavy atom. The molecule has 0 saturated heterocycles. The molecule has 4 nitrogen and oxygen atoms in total. The molecule has 0 amide bonds. The lowest BCUT2D eigenvalue weighted by Gasteiger charge is -2.08. The Balaban J connectivity index is 3.20. The van der Waals surface area contributed by atoms with E-state index in [0.29, 0.717) is 5.75 Å². The summed E-state index contributed by atoms with van der Waals surface area (Å²) >= 11 is 0. The first-order valence-electron chi connectivity index (χ1n) is 5.70. The summed E-state index contributed by atoms with van der Waals surface area (Å²) in [5.41, 5.74) is 0. The van der Waals surface area contributed by atoms with Gasteiger partial charge < -0.3 is 4.90 Å². The molecule has 0 bridgehead atoms. The summed E-state index contributed by atoms with van der Waals surface area (Å²) in [7, 11) is 1.33. The summed E-state index contributed by atoms with van der Waals surface area (Å²) < 4.78 is 27.7. The fraction of sp³-hybridized carbons (Fsp3) is 1.00. The van der Waals surface area contributed by atoms with Gasteiger partial charge in [-0.15, -0.1) is 0 Å². The van der Waals surface area contributed by atoms with Gasteiger partial charge in [-0.3, -0.25) is 9.11 Å². The second-order valence-corrected chi connectivity index (χ2v) is 7.74. The SMILES string of the molecule is CN(C)CCCCCCCC[S+]=S(=O)(O)O. The zero-order chi connectivity index (χ0) is 12.4. The zero-order valence-electron chi connectivity index (χ0n) is 10.2. The lowest BCUT2D eigenvalue weighted by Crippen LogP contribution is -2.12. The van der Waals surface area contributed by atoms with Crippen molar-refractivity contribution in [2.45, 2.75) is 38.5 Å². The largest absolute Gasteiger partial charge is 0.430 e. The van der Waals surface area contributed by atoms with Crippen molar-refractivity contribution in [3.05, 3.63) is 0 Å². The molecule has 0 unspecified atom stereocenters. The van der Waals surface area contributed by atoms with Crippen molar-refractivity contribution >= 4 is 19.4 Å². The van der Waals surface area contributed by atoms with Crippen LogP contribution in [-0.2, 0) is 19.4 Å². The summed E-state index contributed by atoms with van der Waals surface area (Å²) in [5.74, 6) is 0.559. The van der Waals surface area contributed by atoms with Gasteiger partial charge >= 0.3 is 9.05 Å². The molecule has 0 aliphatic carbocycles. The number of unbranched alkanes of at least 4 members (excludes halogenated alkanes) is 5. The maximum absolute atomic E-state index is 10.5. The molecular formula is C10H24NO3S2+. The normalized spacial score (nSPS) is 12.1. The van der Waals surface area contributed by atoms with E-state index in [1.807, 2.05) is 0 Å². The smallest absolute Gasteiger partial charge is 0.309 e. The molecule has 16 heavy (non-hydrogen) atoms. The Kier molecular flexibility index (Phi) is 9.44. The quantitative estimate of drug-likeness (QED) is 0.498. The van der Waals surface area contributed by atoms with Crippen LogP contribution in [0, 0.1) is 0 Å². The van der Waals surface area contributed by atoms with Crippen molar-refractivity contribution in [3.63, 3.8) is 0 Å². The molecule has 0 atom stereocenters. The van der Waals surface area contributed by atoms with Gasteiger partial charge in [0.05, 0.1) is 0 Å². The van der Waals surface area contributed by atoms with Crippen LogP contribution in [-0.4, -0.2) is 44.6 Å². The van der Waals surface area contributed by atoms with Crippen molar-refractivity contribution in [1.29, 1.82) is 0 Å². The van der Waals surface area contributed by atoms with E-state index in [-0.39, 0.29) is 0 Å². The lowest BCUT2D eigenvalue weighted by atomic mass is 10.1. The molecule has 0 fully saturated rings. The molecule has 0 heterocycles. The van der Waals surface area contributed by atoms with E-state index in [0.717, 1.165) is 29.7 Å². The Morgan fingerprint density at radius 3 is 2.00 bits per heavy atom. The van der Waals surface area contributed by atoms with Gasteiger partial charge in [-0.05, 0) is 33.5 Å². The number of nitrogens with zero attached hydrogens (tertiary/aromatic N) is 1. The minimum atomic E-state index is -3.57. The van der Waals surface area contributed by atoms with Crippen LogP contribution in [0.25, 0.3) is 0 Å². The molecule has 2 N–H and O–H groups in total. The second-order valence-electron chi connectivity index (χ2n) is 4.19. The van der Waals surface area contributed by atoms with Crippen molar-refractivity contribution in [3.8, 4) is 0 Å². The van der Waals surface area contributed by atoms with Gasteiger partial charge in [-0.25, -0.2) is 0 Å². The van der Waals surface area contributed by atoms with Crippen LogP contribution in [0.2, 0.25) is 0 Å². The maximum atomic E-state index is 10.5. The van der Waals surface area contributed by atoms with Gasteiger partial charge in [-0.1, -0.05) is 19.3 Å². The fourth-order valence-corrected chi connectivity index (χ4v) is 2.95. The first-order chi connectivity index (χ1) is 7.42. The van der Waals surface area contributed by atoms with E-state index >= 15 is 0 Å². The van der Waals surface area contributed by atoms with E-state index in [4.69, 9.17) is 9.11 Å². The minimum Gasteiger partial charge on any atom is -0.309 e. The number of hydrogen-bond donors (Lipinski definition) is 2. The summed E-state index contributed by atoms with van der Waals surface area (Å²) in [6.45, 7) is 1.15. The molecule has 98 valence electrons. The third-order valence-corrected chi connectivity index (χ3v) is 4.42. The van der Waals surface area contributed by atoms with Gasteiger partial charge in [0, 0.05) is 6.42 Å². The molecule has 0 radical (unpaired) electrons. The lowest BCUT2D eigenvalue weighted by molar-refractivity contribution is 0.389. The van der Waals surface area contributed by atoms with Crippen LogP contribution in [0.4, 0.5) is 0 Å². The number of hydrogen-bond acceptors (Lipinski definition) is 2. The van der Waals surface area contributed by atoms with Crippen molar-refractivity contribution < 1.29 is 13.3 Å². The van der Waals surface area contributed by atoms with Crippen LogP contribution >= 0.6 is 0 Å². The average molecular weight is 270 g/mol. The molecule has 0 spiro atoms. The fourth-order valence-electron chi connectivity index (χ4n) is 1.40. The molecule has 0 aromatic carbocycles. The van der Waals surface area contributed by atoms with E-state index < -0.39 is 9.05 Å². The highest BCUT2D eigenvalue weighted by atomic mass is 32.9. The standard InChI is InChI=1S/C10H23NO3S2/c1-11(2)9-7-5-3-4-6-8-10-15-16(12,13)14/h3-10H2,1-2H3,(H-,12,13,14)/p+1. The van der Waals surface area contributed by atoms with Crippen molar-refractivity contribution in [1.82, 2.24) is 4.90 Å². The molecule has 0 aromatic rings. The average Bonchev–Trinajstić information content (AvgIpc) is 2.13. The minimum absolute atomic E-state index is 0.559. The second kappa shape index (κ2) is 9.30. The maximum Gasteiger partial charge on any atom is 0.430 e. The molecule has 0 rings (SSSR count). The summed E-state index contributed by atoms with van der Waals surface area (Å²) in [6.07, 6.45) is 6.87. The van der Waals surface area contributed by atoms with Gasteiger partial charge in [0.15, 0.2) is 5.75 Å². The third kappa shape index (κ3) is 14.2. The van der Waals surface area contributed by atoms with Crippen LogP contribution in [0.1, 0.15) is 38.5 Å². The topological polar surface area (TPSA) is 60.8 Å². The van der Waals surface area contributed by atoms with Crippen LogP contribution in [0.5, 0.6) is 0 Å². The van der Waals surface area contributed by atoms with E-state index in [2.05, 4.69) is 19.0 Å². The highest BCUT2D eigenvalue weighted by molar-refractivity contribution is 8.34. The summed E-state index contributed by atoms with van der Waals surface area (Å²) in [6, 6.07) is 0. The molecular weight excluding hydrogens is 246 g/mol. The Morgan fingerprint density at radius 1 is 1.00 bits per heavy atom. The Hall–Kier alpha value is 0.250. The first kappa shape index (κ1) is 16.2. The van der Waals surface area contributed by atoms with Gasteiger partial charge in [0.25, 0.3) is 10.3 Å². The monoisotopic (exact) mass is 270 g/mol. The predicted molar refractivity (Wildman–Crippen MR) is 71.9 cm³/mol. The van der Waals surface area contributed by atoms with E-state index in [1.165, 1.54) is 25.7 Å².